The molecule has 3 rings (SSSR count). The van der Waals surface area contributed by atoms with E-state index in [9.17, 15) is 9.59 Å². The maximum atomic E-state index is 12.6. The third kappa shape index (κ3) is 5.60. The van der Waals surface area contributed by atoms with Crippen LogP contribution in [0.25, 0.3) is 0 Å². The van der Waals surface area contributed by atoms with Gasteiger partial charge in [-0.2, -0.15) is 0 Å². The number of aromatic nitrogens is 1. The van der Waals surface area contributed by atoms with Crippen LogP contribution in [0.1, 0.15) is 25.5 Å². The van der Waals surface area contributed by atoms with Crippen LogP contribution in [0, 0.1) is 5.92 Å². The first-order chi connectivity index (χ1) is 14.0. The number of piperidine rings is 1. The first-order valence-corrected chi connectivity index (χ1v) is 9.92. The summed E-state index contributed by atoms with van der Waals surface area (Å²) >= 11 is 0. The summed E-state index contributed by atoms with van der Waals surface area (Å²) in [6.07, 6.45) is 3.92. The molecule has 0 spiro atoms. The maximum Gasteiger partial charge on any atom is 0.244 e. The molecule has 1 aromatic carbocycles. The summed E-state index contributed by atoms with van der Waals surface area (Å²) in [5, 5.41) is 2.88. The summed E-state index contributed by atoms with van der Waals surface area (Å²) < 4.78 is 12.2. The molecule has 0 unspecified atom stereocenters. The van der Waals surface area contributed by atoms with Crippen molar-refractivity contribution < 1.29 is 14.3 Å². The molecular weight excluding hydrogens is 370 g/mol. The quantitative estimate of drug-likeness (QED) is 0.775. The highest BCUT2D eigenvalue weighted by Gasteiger charge is 2.18. The predicted octanol–water partition coefficient (Wildman–Crippen LogP) is 2.74. The zero-order valence-corrected chi connectivity index (χ0v) is 17.3. The van der Waals surface area contributed by atoms with Gasteiger partial charge in [-0.25, -0.2) is 0 Å². The molecule has 0 radical (unpaired) electrons. The van der Waals surface area contributed by atoms with Crippen molar-refractivity contribution in [1.82, 2.24) is 9.47 Å². The van der Waals surface area contributed by atoms with E-state index < -0.39 is 0 Å². The van der Waals surface area contributed by atoms with Crippen molar-refractivity contribution in [1.29, 1.82) is 0 Å². The third-order valence-corrected chi connectivity index (χ3v) is 5.33. The molecule has 1 aliphatic heterocycles. The fraction of sp³-hybridized carbons (Fsp3) is 0.455. The Morgan fingerprint density at radius 2 is 1.93 bits per heavy atom. The van der Waals surface area contributed by atoms with Gasteiger partial charge in [-0.05, 0) is 44.0 Å². The number of nitrogens with zero attached hydrogens (tertiary/aromatic N) is 2. The van der Waals surface area contributed by atoms with E-state index in [0.717, 1.165) is 37.5 Å². The van der Waals surface area contributed by atoms with Crippen LogP contribution < -0.4 is 20.2 Å². The lowest BCUT2D eigenvalue weighted by atomic mass is 9.99. The standard InChI is InChI=1S/C22H29N3O4/c1-16-7-9-24(10-8-16)13-18-12-20(26)21(29-3)14-25(18)15-22(27)23-17-5-4-6-19(11-17)28-2/h4-6,11-12,14,16H,7-10,13,15H2,1-3H3,(H,23,27). The van der Waals surface area contributed by atoms with Gasteiger partial charge in [0.1, 0.15) is 12.3 Å². The van der Waals surface area contributed by atoms with Crippen LogP contribution in [0.2, 0.25) is 0 Å². The van der Waals surface area contributed by atoms with Crippen LogP contribution in [-0.4, -0.2) is 42.7 Å². The van der Waals surface area contributed by atoms with Gasteiger partial charge in [-0.15, -0.1) is 0 Å². The van der Waals surface area contributed by atoms with Gasteiger partial charge in [0.25, 0.3) is 0 Å². The number of ether oxygens (including phenoxy) is 2. The normalized spacial score (nSPS) is 15.1. The van der Waals surface area contributed by atoms with Gasteiger partial charge in [0.05, 0.1) is 20.4 Å². The number of carbonyl (C=O) groups excluding carboxylic acids is 1. The molecule has 156 valence electrons. The van der Waals surface area contributed by atoms with Gasteiger partial charge in [0.15, 0.2) is 5.75 Å². The molecule has 1 N–H and O–H groups in total. The monoisotopic (exact) mass is 399 g/mol. The number of amides is 1. The fourth-order valence-electron chi connectivity index (χ4n) is 3.54. The molecular formula is C22H29N3O4. The lowest BCUT2D eigenvalue weighted by Crippen LogP contribution is -2.34. The van der Waals surface area contributed by atoms with Crippen molar-refractivity contribution in [2.75, 3.05) is 32.6 Å². The van der Waals surface area contributed by atoms with E-state index >= 15 is 0 Å². The lowest BCUT2D eigenvalue weighted by molar-refractivity contribution is -0.116. The number of carbonyl (C=O) groups is 1. The number of hydrogen-bond donors (Lipinski definition) is 1. The molecule has 0 aliphatic carbocycles. The summed E-state index contributed by atoms with van der Waals surface area (Å²) in [6.45, 7) is 4.99. The number of likely N-dealkylation sites (tertiary alicyclic amines) is 1. The van der Waals surface area contributed by atoms with Crippen molar-refractivity contribution in [3.63, 3.8) is 0 Å². The summed E-state index contributed by atoms with van der Waals surface area (Å²) in [7, 11) is 3.05. The molecule has 2 aromatic rings. The van der Waals surface area contributed by atoms with Crippen molar-refractivity contribution >= 4 is 11.6 Å². The van der Waals surface area contributed by atoms with Crippen molar-refractivity contribution in [2.24, 2.45) is 5.92 Å². The Morgan fingerprint density at radius 1 is 1.17 bits per heavy atom. The Kier molecular flexibility index (Phi) is 6.93. The minimum atomic E-state index is -0.183. The zero-order chi connectivity index (χ0) is 20.8. The Hall–Kier alpha value is -2.80. The van der Waals surface area contributed by atoms with E-state index in [-0.39, 0.29) is 23.6 Å². The number of benzene rings is 1. The Labute approximate surface area is 171 Å². The highest BCUT2D eigenvalue weighted by atomic mass is 16.5. The Balaban J connectivity index is 1.76. The molecule has 7 heteroatoms. The van der Waals surface area contributed by atoms with Crippen molar-refractivity contribution in [3.05, 3.63) is 52.4 Å². The van der Waals surface area contributed by atoms with Crippen molar-refractivity contribution in [3.8, 4) is 11.5 Å². The molecule has 0 bridgehead atoms. The molecule has 29 heavy (non-hydrogen) atoms. The van der Waals surface area contributed by atoms with Gasteiger partial charge >= 0.3 is 0 Å². The number of rotatable bonds is 7. The number of hydrogen-bond acceptors (Lipinski definition) is 5. The first-order valence-electron chi connectivity index (χ1n) is 9.92. The second-order valence-electron chi connectivity index (χ2n) is 7.56. The van der Waals surface area contributed by atoms with Crippen LogP contribution >= 0.6 is 0 Å². The molecule has 0 saturated carbocycles. The van der Waals surface area contributed by atoms with E-state index in [0.29, 0.717) is 18.0 Å². The Morgan fingerprint density at radius 3 is 2.62 bits per heavy atom. The average molecular weight is 399 g/mol. The van der Waals surface area contributed by atoms with E-state index in [1.165, 1.54) is 7.11 Å². The first kappa shape index (κ1) is 20.9. The molecule has 2 heterocycles. The maximum absolute atomic E-state index is 12.6. The molecule has 0 atom stereocenters. The fourth-order valence-corrected chi connectivity index (χ4v) is 3.54. The molecule has 1 aliphatic rings. The molecule has 1 aromatic heterocycles. The van der Waals surface area contributed by atoms with Gasteiger partial charge in [-0.3, -0.25) is 14.5 Å². The van der Waals surface area contributed by atoms with E-state index in [1.54, 1.807) is 30.0 Å². The van der Waals surface area contributed by atoms with Gasteiger partial charge in [0, 0.05) is 30.1 Å². The van der Waals surface area contributed by atoms with Crippen molar-refractivity contribution in [2.45, 2.75) is 32.9 Å². The number of pyridine rings is 1. The third-order valence-electron chi connectivity index (χ3n) is 5.33. The minimum absolute atomic E-state index is 0.0907. The van der Waals surface area contributed by atoms with E-state index in [1.807, 2.05) is 18.2 Å². The SMILES string of the molecule is COc1cccc(NC(=O)Cn2cc(OC)c(=O)cc2CN2CCC(C)CC2)c1. The summed E-state index contributed by atoms with van der Waals surface area (Å²) in [5.41, 5.74) is 1.30. The molecule has 1 saturated heterocycles. The molecule has 7 nitrogen and oxygen atoms in total. The zero-order valence-electron chi connectivity index (χ0n) is 17.3. The highest BCUT2D eigenvalue weighted by molar-refractivity contribution is 5.90. The van der Waals surface area contributed by atoms with Gasteiger partial charge in [0.2, 0.25) is 11.3 Å². The smallest absolute Gasteiger partial charge is 0.244 e. The van der Waals surface area contributed by atoms with Crippen LogP contribution in [-0.2, 0) is 17.9 Å². The van der Waals surface area contributed by atoms with E-state index in [2.05, 4.69) is 17.1 Å². The van der Waals surface area contributed by atoms with Crippen LogP contribution in [0.3, 0.4) is 0 Å². The molecule has 1 amide bonds. The summed E-state index contributed by atoms with van der Waals surface area (Å²) in [5.74, 6) is 1.46. The number of anilines is 1. The number of nitrogens with one attached hydrogen (secondary N) is 1. The van der Waals surface area contributed by atoms with E-state index in [4.69, 9.17) is 9.47 Å². The average Bonchev–Trinajstić information content (AvgIpc) is 2.71. The van der Waals surface area contributed by atoms with Gasteiger partial charge < -0.3 is 19.4 Å². The second-order valence-corrected chi connectivity index (χ2v) is 7.56. The van der Waals surface area contributed by atoms with Crippen LogP contribution in [0.5, 0.6) is 11.5 Å². The largest absolute Gasteiger partial charge is 0.497 e. The second kappa shape index (κ2) is 9.60. The predicted molar refractivity (Wildman–Crippen MR) is 113 cm³/mol. The summed E-state index contributed by atoms with van der Waals surface area (Å²) in [4.78, 5) is 27.3. The topological polar surface area (TPSA) is 72.8 Å². The van der Waals surface area contributed by atoms with Crippen LogP contribution in [0.4, 0.5) is 5.69 Å². The molecule has 1 fully saturated rings. The van der Waals surface area contributed by atoms with Crippen LogP contribution in [0.15, 0.2) is 41.3 Å². The highest BCUT2D eigenvalue weighted by Crippen LogP contribution is 2.19. The summed E-state index contributed by atoms with van der Waals surface area (Å²) in [6, 6.07) is 8.79. The number of methoxy groups -OCH3 is 2. The Bertz CT molecular complexity index is 901. The lowest BCUT2D eigenvalue weighted by Gasteiger charge is -2.31. The minimum Gasteiger partial charge on any atom is -0.497 e. The van der Waals surface area contributed by atoms with Gasteiger partial charge in [-0.1, -0.05) is 13.0 Å².